The second kappa shape index (κ2) is 9.15. The van der Waals surface area contributed by atoms with Crippen molar-refractivity contribution in [2.45, 2.75) is 51.5 Å². The summed E-state index contributed by atoms with van der Waals surface area (Å²) in [4.78, 5) is 20.6. The van der Waals surface area contributed by atoms with Gasteiger partial charge >= 0.3 is 5.97 Å². The molecule has 122 valence electrons. The fourth-order valence-corrected chi connectivity index (χ4v) is 2.37. The Kier molecular flexibility index (Phi) is 7.52. The number of nitrogens with zero attached hydrogens (tertiary/aromatic N) is 1. The van der Waals surface area contributed by atoms with Gasteiger partial charge in [-0.15, -0.1) is 0 Å². The SMILES string of the molecule is CC(Cc1cccc([N+](=O)[O-])c1)C(=O)O.NC1CCCCC1. The first kappa shape index (κ1) is 18.1. The number of carboxylic acids is 1. The van der Waals surface area contributed by atoms with Crippen LogP contribution in [-0.2, 0) is 11.2 Å². The van der Waals surface area contributed by atoms with Crippen LogP contribution in [-0.4, -0.2) is 22.0 Å². The Morgan fingerprint density at radius 3 is 2.50 bits per heavy atom. The lowest BCUT2D eigenvalue weighted by atomic mass is 9.97. The van der Waals surface area contributed by atoms with E-state index in [0.29, 0.717) is 18.0 Å². The maximum atomic E-state index is 10.6. The van der Waals surface area contributed by atoms with Crippen molar-refractivity contribution in [2.24, 2.45) is 11.7 Å². The summed E-state index contributed by atoms with van der Waals surface area (Å²) in [6.45, 7) is 1.57. The summed E-state index contributed by atoms with van der Waals surface area (Å²) in [5.74, 6) is -1.44. The maximum Gasteiger partial charge on any atom is 0.306 e. The fraction of sp³-hybridized carbons (Fsp3) is 0.562. The zero-order valence-electron chi connectivity index (χ0n) is 12.9. The van der Waals surface area contributed by atoms with E-state index in [0.717, 1.165) is 0 Å². The van der Waals surface area contributed by atoms with Gasteiger partial charge in [0.2, 0.25) is 0 Å². The Morgan fingerprint density at radius 1 is 1.41 bits per heavy atom. The number of aliphatic carboxylic acids is 1. The molecule has 6 nitrogen and oxygen atoms in total. The Bertz CT molecular complexity index is 499. The molecule has 0 aromatic heterocycles. The number of benzene rings is 1. The molecule has 1 aromatic rings. The lowest BCUT2D eigenvalue weighted by Gasteiger charge is -2.15. The molecular weight excluding hydrogens is 284 g/mol. The molecule has 1 unspecified atom stereocenters. The quantitative estimate of drug-likeness (QED) is 0.656. The van der Waals surface area contributed by atoms with Gasteiger partial charge in [0.1, 0.15) is 0 Å². The molecule has 0 radical (unpaired) electrons. The predicted molar refractivity (Wildman–Crippen MR) is 84.7 cm³/mol. The van der Waals surface area contributed by atoms with Crippen LogP contribution >= 0.6 is 0 Å². The number of carboxylic acid groups (broad SMARTS) is 1. The van der Waals surface area contributed by atoms with Crippen LogP contribution in [0.15, 0.2) is 24.3 Å². The summed E-state index contributed by atoms with van der Waals surface area (Å²) in [6, 6.07) is 6.57. The van der Waals surface area contributed by atoms with Crippen molar-refractivity contribution in [2.75, 3.05) is 0 Å². The molecule has 0 aliphatic heterocycles. The van der Waals surface area contributed by atoms with Gasteiger partial charge in [-0.05, 0) is 24.8 Å². The summed E-state index contributed by atoms with van der Waals surface area (Å²) < 4.78 is 0. The fourth-order valence-electron chi connectivity index (χ4n) is 2.37. The summed E-state index contributed by atoms with van der Waals surface area (Å²) in [5, 5.41) is 19.1. The van der Waals surface area contributed by atoms with E-state index in [9.17, 15) is 14.9 Å². The van der Waals surface area contributed by atoms with Crippen molar-refractivity contribution in [3.05, 3.63) is 39.9 Å². The Balaban J connectivity index is 0.000000287. The largest absolute Gasteiger partial charge is 0.481 e. The minimum Gasteiger partial charge on any atom is -0.481 e. The average Bonchev–Trinajstić information content (AvgIpc) is 2.48. The van der Waals surface area contributed by atoms with Crippen molar-refractivity contribution in [1.82, 2.24) is 0 Å². The Morgan fingerprint density at radius 2 is 2.05 bits per heavy atom. The zero-order chi connectivity index (χ0) is 16.5. The number of rotatable bonds is 4. The van der Waals surface area contributed by atoms with Gasteiger partial charge in [0, 0.05) is 18.2 Å². The minimum atomic E-state index is -0.901. The monoisotopic (exact) mass is 308 g/mol. The summed E-state index contributed by atoms with van der Waals surface area (Å²) in [5.41, 5.74) is 6.29. The molecule has 1 aliphatic rings. The third-order valence-corrected chi connectivity index (χ3v) is 3.73. The van der Waals surface area contributed by atoms with Crippen LogP contribution in [0.5, 0.6) is 0 Å². The normalized spacial score (nSPS) is 16.3. The molecule has 1 fully saturated rings. The van der Waals surface area contributed by atoms with Gasteiger partial charge < -0.3 is 10.8 Å². The molecule has 2 rings (SSSR count). The van der Waals surface area contributed by atoms with Gasteiger partial charge in [0.05, 0.1) is 10.8 Å². The lowest BCUT2D eigenvalue weighted by molar-refractivity contribution is -0.384. The van der Waals surface area contributed by atoms with E-state index >= 15 is 0 Å². The highest BCUT2D eigenvalue weighted by atomic mass is 16.6. The van der Waals surface area contributed by atoms with Crippen LogP contribution in [0, 0.1) is 16.0 Å². The number of hydrogen-bond donors (Lipinski definition) is 2. The number of non-ortho nitro benzene ring substituents is 1. The van der Waals surface area contributed by atoms with E-state index in [4.69, 9.17) is 10.8 Å². The van der Waals surface area contributed by atoms with Gasteiger partial charge in [-0.1, -0.05) is 38.3 Å². The first-order chi connectivity index (χ1) is 10.4. The second-order valence-corrected chi connectivity index (χ2v) is 5.77. The molecule has 0 amide bonds. The zero-order valence-corrected chi connectivity index (χ0v) is 12.9. The molecular formula is C16H24N2O4. The van der Waals surface area contributed by atoms with Crippen molar-refractivity contribution in [1.29, 1.82) is 0 Å². The number of carbonyl (C=O) groups is 1. The molecule has 1 aromatic carbocycles. The molecule has 0 spiro atoms. The van der Waals surface area contributed by atoms with Crippen LogP contribution in [0.25, 0.3) is 0 Å². The van der Waals surface area contributed by atoms with Gasteiger partial charge in [-0.25, -0.2) is 0 Å². The predicted octanol–water partition coefficient (Wildman–Crippen LogP) is 3.14. The molecule has 6 heteroatoms. The molecule has 0 heterocycles. The first-order valence-electron chi connectivity index (χ1n) is 7.62. The van der Waals surface area contributed by atoms with E-state index in [2.05, 4.69) is 0 Å². The van der Waals surface area contributed by atoms with E-state index < -0.39 is 16.8 Å². The van der Waals surface area contributed by atoms with Crippen molar-refractivity contribution >= 4 is 11.7 Å². The summed E-state index contributed by atoms with van der Waals surface area (Å²) in [7, 11) is 0. The molecule has 0 bridgehead atoms. The number of hydrogen-bond acceptors (Lipinski definition) is 4. The van der Waals surface area contributed by atoms with Crippen molar-refractivity contribution < 1.29 is 14.8 Å². The molecule has 1 atom stereocenters. The summed E-state index contributed by atoms with van der Waals surface area (Å²) in [6.07, 6.45) is 6.97. The lowest BCUT2D eigenvalue weighted by Crippen LogP contribution is -2.22. The molecule has 0 saturated heterocycles. The smallest absolute Gasteiger partial charge is 0.306 e. The van der Waals surface area contributed by atoms with Crippen LogP contribution < -0.4 is 5.73 Å². The minimum absolute atomic E-state index is 0.00918. The third-order valence-electron chi connectivity index (χ3n) is 3.73. The standard InChI is InChI=1S/C10H11NO4.C6H13N/c1-7(10(12)13)5-8-3-2-4-9(6-8)11(14)15;7-6-4-2-1-3-5-6/h2-4,6-7H,5H2,1H3,(H,12,13);6H,1-5,7H2. The van der Waals surface area contributed by atoms with Crippen molar-refractivity contribution in [3.8, 4) is 0 Å². The Labute approximate surface area is 130 Å². The number of nitrogens with two attached hydrogens (primary N) is 1. The van der Waals surface area contributed by atoms with Crippen molar-refractivity contribution in [3.63, 3.8) is 0 Å². The van der Waals surface area contributed by atoms with Gasteiger partial charge in [0.15, 0.2) is 0 Å². The first-order valence-corrected chi connectivity index (χ1v) is 7.62. The highest BCUT2D eigenvalue weighted by molar-refractivity contribution is 5.69. The number of nitro benzene ring substituents is 1. The van der Waals surface area contributed by atoms with Crippen LogP contribution in [0.3, 0.4) is 0 Å². The van der Waals surface area contributed by atoms with Gasteiger partial charge in [0.25, 0.3) is 5.69 Å². The molecule has 22 heavy (non-hydrogen) atoms. The van der Waals surface area contributed by atoms with E-state index in [1.807, 2.05) is 0 Å². The highest BCUT2D eigenvalue weighted by Gasteiger charge is 2.13. The van der Waals surface area contributed by atoms with E-state index in [1.54, 1.807) is 19.1 Å². The van der Waals surface area contributed by atoms with Crippen LogP contribution in [0.2, 0.25) is 0 Å². The van der Waals surface area contributed by atoms with Crippen LogP contribution in [0.1, 0.15) is 44.6 Å². The van der Waals surface area contributed by atoms with E-state index in [1.165, 1.54) is 44.2 Å². The highest BCUT2D eigenvalue weighted by Crippen LogP contribution is 2.16. The molecule has 1 aliphatic carbocycles. The van der Waals surface area contributed by atoms with Crippen LogP contribution in [0.4, 0.5) is 5.69 Å². The number of nitro groups is 1. The van der Waals surface area contributed by atoms with E-state index in [-0.39, 0.29) is 5.69 Å². The Hall–Kier alpha value is -1.95. The molecule has 1 saturated carbocycles. The summed E-state index contributed by atoms with van der Waals surface area (Å²) >= 11 is 0. The van der Waals surface area contributed by atoms with Gasteiger partial charge in [-0.3, -0.25) is 14.9 Å². The maximum absolute atomic E-state index is 10.6. The topological polar surface area (TPSA) is 106 Å². The molecule has 3 N–H and O–H groups in total. The third kappa shape index (κ3) is 6.67. The van der Waals surface area contributed by atoms with Gasteiger partial charge in [-0.2, -0.15) is 0 Å². The second-order valence-electron chi connectivity index (χ2n) is 5.77. The average molecular weight is 308 g/mol.